The van der Waals surface area contributed by atoms with Gasteiger partial charge in [-0.25, -0.2) is 0 Å². The summed E-state index contributed by atoms with van der Waals surface area (Å²) in [6.07, 6.45) is 7.25. The van der Waals surface area contributed by atoms with Crippen LogP contribution in [-0.4, -0.2) is 14.5 Å². The monoisotopic (exact) mass is 510 g/mol. The van der Waals surface area contributed by atoms with Gasteiger partial charge in [-0.2, -0.15) is 0 Å². The summed E-state index contributed by atoms with van der Waals surface area (Å²) < 4.78 is 39.8. The van der Waals surface area contributed by atoms with Crippen molar-refractivity contribution in [3.63, 3.8) is 0 Å². The molecule has 3 aromatic carbocycles. The van der Waals surface area contributed by atoms with Crippen LogP contribution in [0.25, 0.3) is 0 Å². The summed E-state index contributed by atoms with van der Waals surface area (Å²) in [7, 11) is -4.44. The molecule has 0 bridgehead atoms. The van der Waals surface area contributed by atoms with Crippen molar-refractivity contribution in [1.29, 1.82) is 0 Å². The van der Waals surface area contributed by atoms with E-state index in [-0.39, 0.29) is 0 Å². The predicted octanol–water partition coefficient (Wildman–Crippen LogP) is 6.38. The van der Waals surface area contributed by atoms with Crippen LogP contribution in [0.1, 0.15) is 40.0 Å². The standard InChI is InChI=1S/C29H35O4PS/c1-4-7-11-18-26(6-3)32-35(30,31)33-34(25-5-2,27-19-12-8-13-20-27,28-21-14-9-15-22-28)29-23-16-10-17-24-29/h5,7-17,19-26H,4,6,18H2,1-3H3/b11-7?,25-5+. The van der Waals surface area contributed by atoms with E-state index in [0.29, 0.717) is 12.8 Å². The first kappa shape index (κ1) is 27.0. The van der Waals surface area contributed by atoms with E-state index in [1.165, 1.54) is 0 Å². The minimum absolute atomic E-state index is 0.495. The van der Waals surface area contributed by atoms with Gasteiger partial charge in [0.1, 0.15) is 0 Å². The van der Waals surface area contributed by atoms with Crippen LogP contribution in [0.3, 0.4) is 0 Å². The minimum atomic E-state index is -4.44. The topological polar surface area (TPSA) is 52.6 Å². The molecular formula is C29H35O4PS. The van der Waals surface area contributed by atoms with E-state index < -0.39 is 23.3 Å². The van der Waals surface area contributed by atoms with Gasteiger partial charge in [0, 0.05) is 0 Å². The van der Waals surface area contributed by atoms with E-state index in [1.54, 1.807) is 0 Å². The Morgan fingerprint density at radius 2 is 1.23 bits per heavy atom. The normalized spacial score (nSPS) is 14.7. The molecular weight excluding hydrogens is 475 g/mol. The second kappa shape index (κ2) is 11.9. The van der Waals surface area contributed by atoms with Gasteiger partial charge in [-0.05, 0) is 0 Å². The van der Waals surface area contributed by atoms with Gasteiger partial charge in [0.2, 0.25) is 0 Å². The molecule has 35 heavy (non-hydrogen) atoms. The average Bonchev–Trinajstić information content (AvgIpc) is 2.89. The van der Waals surface area contributed by atoms with E-state index in [2.05, 4.69) is 0 Å². The average molecular weight is 511 g/mol. The Morgan fingerprint density at radius 3 is 1.60 bits per heavy atom. The number of benzene rings is 3. The summed E-state index contributed by atoms with van der Waals surface area (Å²) in [5.41, 5.74) is 0. The van der Waals surface area contributed by atoms with E-state index in [1.807, 2.05) is 136 Å². The molecule has 0 aliphatic rings. The van der Waals surface area contributed by atoms with Crippen LogP contribution < -0.4 is 15.9 Å². The van der Waals surface area contributed by atoms with Crippen LogP contribution in [0.2, 0.25) is 0 Å². The first-order valence-corrected chi connectivity index (χ1v) is 15.6. The zero-order valence-corrected chi connectivity index (χ0v) is 22.4. The van der Waals surface area contributed by atoms with E-state index >= 15 is 0 Å². The molecule has 0 saturated heterocycles. The third-order valence-corrected chi connectivity index (χ3v) is 13.3. The van der Waals surface area contributed by atoms with Crippen LogP contribution in [0.4, 0.5) is 0 Å². The molecule has 186 valence electrons. The second-order valence-electron chi connectivity index (χ2n) is 8.32. The van der Waals surface area contributed by atoms with Gasteiger partial charge in [0.25, 0.3) is 0 Å². The van der Waals surface area contributed by atoms with Crippen molar-refractivity contribution in [2.45, 2.75) is 46.1 Å². The van der Waals surface area contributed by atoms with Gasteiger partial charge in [0.15, 0.2) is 0 Å². The molecule has 0 fully saturated rings. The van der Waals surface area contributed by atoms with Crippen LogP contribution >= 0.6 is 6.83 Å². The van der Waals surface area contributed by atoms with Gasteiger partial charge >= 0.3 is 211 Å². The van der Waals surface area contributed by atoms with Crippen molar-refractivity contribution >= 4 is 33.1 Å². The summed E-state index contributed by atoms with van der Waals surface area (Å²) >= 11 is 0. The number of rotatable bonds is 12. The molecule has 0 spiro atoms. The quantitative estimate of drug-likeness (QED) is 0.210. The molecule has 4 nitrogen and oxygen atoms in total. The van der Waals surface area contributed by atoms with Crippen LogP contribution in [0.15, 0.2) is 115 Å². The Balaban J connectivity index is 2.33. The van der Waals surface area contributed by atoms with Crippen LogP contribution in [0, 0.1) is 0 Å². The van der Waals surface area contributed by atoms with Crippen LogP contribution in [-0.2, 0) is 18.6 Å². The van der Waals surface area contributed by atoms with Gasteiger partial charge in [0.05, 0.1) is 0 Å². The van der Waals surface area contributed by atoms with Crippen LogP contribution in [0.5, 0.6) is 0 Å². The summed E-state index contributed by atoms with van der Waals surface area (Å²) in [5.74, 6) is 1.93. The molecule has 0 aromatic heterocycles. The van der Waals surface area contributed by atoms with Gasteiger partial charge < -0.3 is 0 Å². The molecule has 1 atom stereocenters. The van der Waals surface area contributed by atoms with Crippen molar-refractivity contribution in [3.8, 4) is 0 Å². The number of hydrogen-bond acceptors (Lipinski definition) is 4. The molecule has 0 saturated carbocycles. The molecule has 0 N–H and O–H groups in total. The Morgan fingerprint density at radius 1 is 0.771 bits per heavy atom. The first-order chi connectivity index (χ1) is 16.9. The van der Waals surface area contributed by atoms with Gasteiger partial charge in [-0.15, -0.1) is 0 Å². The van der Waals surface area contributed by atoms with Crippen molar-refractivity contribution in [2.24, 2.45) is 0 Å². The van der Waals surface area contributed by atoms with E-state index in [4.69, 9.17) is 8.15 Å². The molecule has 0 aliphatic heterocycles. The molecule has 0 amide bonds. The van der Waals surface area contributed by atoms with Gasteiger partial charge in [-0.1, -0.05) is 0 Å². The molecule has 0 aliphatic carbocycles. The maximum atomic E-state index is 13.8. The third kappa shape index (κ3) is 5.65. The zero-order valence-electron chi connectivity index (χ0n) is 20.7. The predicted molar refractivity (Wildman–Crippen MR) is 149 cm³/mol. The molecule has 6 heteroatoms. The van der Waals surface area contributed by atoms with Gasteiger partial charge in [-0.3, -0.25) is 0 Å². The van der Waals surface area contributed by atoms with Crippen molar-refractivity contribution < 1.29 is 16.6 Å². The summed E-state index contributed by atoms with van der Waals surface area (Å²) in [6, 6.07) is 28.8. The van der Waals surface area contributed by atoms with Crippen molar-refractivity contribution in [3.05, 3.63) is 115 Å². The summed E-state index contributed by atoms with van der Waals surface area (Å²) in [6.45, 7) is 1.68. The fourth-order valence-corrected chi connectivity index (χ4v) is 12.1. The van der Waals surface area contributed by atoms with E-state index in [0.717, 1.165) is 22.3 Å². The van der Waals surface area contributed by atoms with Crippen molar-refractivity contribution in [1.82, 2.24) is 0 Å². The number of hydrogen-bond donors (Lipinski definition) is 0. The Kier molecular flexibility index (Phi) is 9.21. The summed E-state index contributed by atoms with van der Waals surface area (Å²) in [5, 5.41) is 2.33. The number of allylic oxidation sites excluding steroid dienone is 2. The SMILES string of the molecule is C/C=C/P(OS(=O)(=O)OC(CC)CC=CCC)(c1ccccc1)(c1ccccc1)c1ccccc1. The fourth-order valence-electron chi connectivity index (χ4n) is 4.38. The Labute approximate surface area is 210 Å². The van der Waals surface area contributed by atoms with Crippen molar-refractivity contribution in [2.75, 3.05) is 0 Å². The molecule has 0 radical (unpaired) electrons. The molecule has 0 heterocycles. The third-order valence-electron chi connectivity index (χ3n) is 6.00. The van der Waals surface area contributed by atoms with E-state index in [9.17, 15) is 8.42 Å². The fraction of sp³-hybridized carbons (Fsp3) is 0.241. The summed E-state index contributed by atoms with van der Waals surface area (Å²) in [4.78, 5) is 0. The molecule has 3 aromatic rings. The Hall–Kier alpha value is -2.56. The first-order valence-electron chi connectivity index (χ1n) is 12.0. The molecule has 3 rings (SSSR count). The maximum absolute atomic E-state index is 13.8. The zero-order chi connectivity index (χ0) is 25.2. The second-order valence-corrected chi connectivity index (χ2v) is 14.0. The molecule has 1 unspecified atom stereocenters. The Bertz CT molecular complexity index is 1120.